The molecule has 0 spiro atoms. The normalized spacial score (nSPS) is 12.2. The summed E-state index contributed by atoms with van der Waals surface area (Å²) in [7, 11) is 1.57. The summed E-state index contributed by atoms with van der Waals surface area (Å²) in [6.07, 6.45) is 1.61. The number of nitrogens with zero attached hydrogens (tertiary/aromatic N) is 2. The molecule has 0 fully saturated rings. The minimum Gasteiger partial charge on any atom is -0.493 e. The first-order valence-corrected chi connectivity index (χ1v) is 7.93. The zero-order valence-corrected chi connectivity index (χ0v) is 14.3. The quantitative estimate of drug-likeness (QED) is 0.745. The van der Waals surface area contributed by atoms with Crippen molar-refractivity contribution in [2.75, 3.05) is 19.6 Å². The fraction of sp³-hybridized carbons (Fsp3) is 0.222. The second-order valence-electron chi connectivity index (χ2n) is 5.61. The number of ether oxygens (including phenoxy) is 4. The van der Waals surface area contributed by atoms with Crippen LogP contribution in [0, 0.1) is 6.92 Å². The number of aromatic nitrogens is 2. The minimum absolute atomic E-state index is 0.158. The van der Waals surface area contributed by atoms with Crippen LogP contribution in [0.5, 0.6) is 23.0 Å². The van der Waals surface area contributed by atoms with Crippen molar-refractivity contribution in [2.45, 2.75) is 13.5 Å². The van der Waals surface area contributed by atoms with E-state index in [2.05, 4.69) is 9.97 Å². The Labute approximate surface area is 149 Å². The van der Waals surface area contributed by atoms with E-state index in [0.717, 1.165) is 5.56 Å². The van der Waals surface area contributed by atoms with Crippen molar-refractivity contribution in [1.82, 2.24) is 9.97 Å². The Bertz CT molecular complexity index is 954. The lowest BCUT2D eigenvalue weighted by Crippen LogP contribution is -2.01. The van der Waals surface area contributed by atoms with Gasteiger partial charge >= 0.3 is 0 Å². The van der Waals surface area contributed by atoms with Crippen molar-refractivity contribution in [3.05, 3.63) is 41.9 Å². The van der Waals surface area contributed by atoms with E-state index >= 15 is 0 Å². The Morgan fingerprint density at radius 3 is 2.92 bits per heavy atom. The number of nitrogens with two attached hydrogens (primary N) is 1. The Morgan fingerprint density at radius 1 is 1.23 bits per heavy atom. The molecule has 26 heavy (non-hydrogen) atoms. The van der Waals surface area contributed by atoms with Gasteiger partial charge in [-0.15, -0.1) is 0 Å². The molecule has 1 aliphatic rings. The number of hydrogen-bond acceptors (Lipinski definition) is 8. The van der Waals surface area contributed by atoms with E-state index in [0.29, 0.717) is 46.2 Å². The summed E-state index contributed by atoms with van der Waals surface area (Å²) in [6, 6.07) is 7.11. The lowest BCUT2D eigenvalue weighted by Gasteiger charge is -2.06. The molecular weight excluding hydrogens is 338 g/mol. The summed E-state index contributed by atoms with van der Waals surface area (Å²) in [5.41, 5.74) is 7.17. The lowest BCUT2D eigenvalue weighted by atomic mass is 10.2. The van der Waals surface area contributed by atoms with Gasteiger partial charge in [-0.05, 0) is 31.2 Å². The van der Waals surface area contributed by atoms with Crippen molar-refractivity contribution < 1.29 is 23.4 Å². The van der Waals surface area contributed by atoms with Gasteiger partial charge in [0.2, 0.25) is 18.4 Å². The van der Waals surface area contributed by atoms with Gasteiger partial charge in [0.05, 0.1) is 7.11 Å². The highest BCUT2D eigenvalue weighted by atomic mass is 16.7. The SMILES string of the molecule is COc1cc(-c2nc(COc3cccnc3N)c(C)o2)cc2c1OCO2. The molecule has 3 heterocycles. The molecule has 2 aromatic heterocycles. The number of benzene rings is 1. The second-order valence-corrected chi connectivity index (χ2v) is 5.61. The molecular formula is C18H17N3O5. The van der Waals surface area contributed by atoms with Crippen LogP contribution in [-0.4, -0.2) is 23.9 Å². The van der Waals surface area contributed by atoms with Crippen LogP contribution in [0.25, 0.3) is 11.5 Å². The molecule has 0 amide bonds. The van der Waals surface area contributed by atoms with Gasteiger partial charge in [0, 0.05) is 11.8 Å². The van der Waals surface area contributed by atoms with Gasteiger partial charge in [-0.1, -0.05) is 0 Å². The van der Waals surface area contributed by atoms with Crippen LogP contribution >= 0.6 is 0 Å². The maximum atomic E-state index is 5.79. The second kappa shape index (κ2) is 6.47. The maximum absolute atomic E-state index is 5.79. The maximum Gasteiger partial charge on any atom is 0.231 e. The molecule has 3 aromatic rings. The summed E-state index contributed by atoms with van der Waals surface area (Å²) in [5.74, 6) is 3.66. The van der Waals surface area contributed by atoms with Gasteiger partial charge in [-0.25, -0.2) is 9.97 Å². The number of oxazole rings is 1. The molecule has 0 bridgehead atoms. The Kier molecular flexibility index (Phi) is 4.00. The predicted molar refractivity (Wildman–Crippen MR) is 92.3 cm³/mol. The zero-order chi connectivity index (χ0) is 18.1. The fourth-order valence-corrected chi connectivity index (χ4v) is 2.61. The number of rotatable bonds is 5. The van der Waals surface area contributed by atoms with Gasteiger partial charge in [0.25, 0.3) is 0 Å². The number of pyridine rings is 1. The third-order valence-corrected chi connectivity index (χ3v) is 3.96. The number of fused-ring (bicyclic) bond motifs is 1. The first-order valence-electron chi connectivity index (χ1n) is 7.93. The number of nitrogen functional groups attached to an aromatic ring is 1. The summed E-state index contributed by atoms with van der Waals surface area (Å²) in [6.45, 7) is 2.20. The van der Waals surface area contributed by atoms with Crippen LogP contribution in [-0.2, 0) is 6.61 Å². The summed E-state index contributed by atoms with van der Waals surface area (Å²) < 4.78 is 27.7. The molecule has 0 radical (unpaired) electrons. The number of anilines is 1. The number of aryl methyl sites for hydroxylation is 1. The van der Waals surface area contributed by atoms with E-state index in [1.807, 2.05) is 6.92 Å². The standard InChI is InChI=1S/C18H17N3O5/c1-10-12(8-23-13-4-3-5-20-17(13)19)21-18(26-10)11-6-14(22-2)16-15(7-11)24-9-25-16/h3-7H,8-9H2,1-2H3,(H2,19,20). The van der Waals surface area contributed by atoms with Gasteiger partial charge in [0.15, 0.2) is 23.1 Å². The molecule has 8 nitrogen and oxygen atoms in total. The molecule has 0 atom stereocenters. The molecule has 0 saturated carbocycles. The molecule has 0 aliphatic carbocycles. The van der Waals surface area contributed by atoms with Crippen molar-refractivity contribution in [3.8, 4) is 34.5 Å². The van der Waals surface area contributed by atoms with Crippen molar-refractivity contribution in [2.24, 2.45) is 0 Å². The Hall–Kier alpha value is -3.42. The van der Waals surface area contributed by atoms with Gasteiger partial charge in [-0.3, -0.25) is 0 Å². The van der Waals surface area contributed by atoms with Gasteiger partial charge in [0.1, 0.15) is 18.1 Å². The molecule has 1 aliphatic heterocycles. The van der Waals surface area contributed by atoms with Crippen LogP contribution in [0.2, 0.25) is 0 Å². The first kappa shape index (κ1) is 16.1. The zero-order valence-electron chi connectivity index (χ0n) is 14.3. The van der Waals surface area contributed by atoms with Crippen LogP contribution in [0.3, 0.4) is 0 Å². The molecule has 2 N–H and O–H groups in total. The van der Waals surface area contributed by atoms with Crippen molar-refractivity contribution >= 4 is 5.82 Å². The summed E-state index contributed by atoms with van der Waals surface area (Å²) >= 11 is 0. The highest BCUT2D eigenvalue weighted by Gasteiger charge is 2.23. The van der Waals surface area contributed by atoms with E-state index < -0.39 is 0 Å². The van der Waals surface area contributed by atoms with Crippen molar-refractivity contribution in [1.29, 1.82) is 0 Å². The molecule has 1 aromatic carbocycles. The fourth-order valence-electron chi connectivity index (χ4n) is 2.61. The predicted octanol–water partition coefficient (Wildman–Crippen LogP) is 2.94. The topological polar surface area (TPSA) is 102 Å². The van der Waals surface area contributed by atoms with E-state index in [1.54, 1.807) is 37.6 Å². The van der Waals surface area contributed by atoms with Crippen molar-refractivity contribution in [3.63, 3.8) is 0 Å². The number of hydrogen-bond donors (Lipinski definition) is 1. The average Bonchev–Trinajstić information content (AvgIpc) is 3.26. The summed E-state index contributed by atoms with van der Waals surface area (Å²) in [5, 5.41) is 0. The molecule has 4 rings (SSSR count). The smallest absolute Gasteiger partial charge is 0.231 e. The summed E-state index contributed by atoms with van der Waals surface area (Å²) in [4.78, 5) is 8.51. The largest absolute Gasteiger partial charge is 0.493 e. The van der Waals surface area contributed by atoms with Crippen LogP contribution in [0.1, 0.15) is 11.5 Å². The Morgan fingerprint density at radius 2 is 2.12 bits per heavy atom. The van der Waals surface area contributed by atoms with Crippen LogP contribution in [0.15, 0.2) is 34.9 Å². The highest BCUT2D eigenvalue weighted by molar-refractivity contribution is 5.66. The minimum atomic E-state index is 0.158. The Balaban J connectivity index is 1.60. The van der Waals surface area contributed by atoms with E-state index in [-0.39, 0.29) is 13.4 Å². The average molecular weight is 355 g/mol. The molecule has 134 valence electrons. The monoisotopic (exact) mass is 355 g/mol. The number of methoxy groups -OCH3 is 1. The lowest BCUT2D eigenvalue weighted by molar-refractivity contribution is 0.171. The van der Waals surface area contributed by atoms with Gasteiger partial charge in [-0.2, -0.15) is 0 Å². The van der Waals surface area contributed by atoms with Crippen LogP contribution < -0.4 is 24.7 Å². The van der Waals surface area contributed by atoms with E-state index in [4.69, 9.17) is 29.1 Å². The third-order valence-electron chi connectivity index (χ3n) is 3.96. The van der Waals surface area contributed by atoms with Gasteiger partial charge < -0.3 is 29.1 Å². The first-order chi connectivity index (χ1) is 12.7. The van der Waals surface area contributed by atoms with E-state index in [1.165, 1.54) is 0 Å². The molecule has 0 saturated heterocycles. The molecule has 8 heteroatoms. The van der Waals surface area contributed by atoms with E-state index in [9.17, 15) is 0 Å². The highest BCUT2D eigenvalue weighted by Crippen LogP contribution is 2.44. The molecule has 0 unspecified atom stereocenters. The third kappa shape index (κ3) is 2.85. The van der Waals surface area contributed by atoms with Crippen LogP contribution in [0.4, 0.5) is 5.82 Å².